The first-order chi connectivity index (χ1) is 14.1. The first-order valence-corrected chi connectivity index (χ1v) is 10.6. The van der Waals surface area contributed by atoms with Gasteiger partial charge in [0.1, 0.15) is 0 Å². The summed E-state index contributed by atoms with van der Waals surface area (Å²) in [5, 5.41) is 5.12. The van der Waals surface area contributed by atoms with Crippen LogP contribution in [0.25, 0.3) is 33.4 Å². The number of aryl methyl sites for hydroxylation is 2. The van der Waals surface area contributed by atoms with Crippen molar-refractivity contribution >= 4 is 22.6 Å². The van der Waals surface area contributed by atoms with E-state index in [0.29, 0.717) is 5.28 Å². The molecule has 0 bridgehead atoms. The topological polar surface area (TPSA) is 48.5 Å². The Morgan fingerprint density at radius 3 is 2.72 bits per heavy atom. The normalized spacial score (nSPS) is 14.9. The zero-order valence-corrected chi connectivity index (χ0v) is 17.5. The Morgan fingerprint density at radius 2 is 1.90 bits per heavy atom. The van der Waals surface area contributed by atoms with Gasteiger partial charge in [-0.05, 0) is 55.5 Å². The molecule has 0 aliphatic heterocycles. The van der Waals surface area contributed by atoms with Gasteiger partial charge in [0.2, 0.25) is 5.28 Å². The van der Waals surface area contributed by atoms with E-state index in [-0.39, 0.29) is 0 Å². The molecular formula is C23H24ClN5. The van der Waals surface area contributed by atoms with Crippen molar-refractivity contribution in [1.29, 1.82) is 0 Å². The van der Waals surface area contributed by atoms with Crippen molar-refractivity contribution in [1.82, 2.24) is 24.3 Å². The number of fused-ring (bicyclic) bond motifs is 1. The summed E-state index contributed by atoms with van der Waals surface area (Å²) in [6.45, 7) is 3.03. The number of nitrogens with zero attached hydrogens (tertiary/aromatic N) is 5. The summed E-state index contributed by atoms with van der Waals surface area (Å²) in [6.07, 6.45) is 9.46. The van der Waals surface area contributed by atoms with E-state index in [4.69, 9.17) is 16.6 Å². The molecule has 3 heterocycles. The van der Waals surface area contributed by atoms with Gasteiger partial charge in [-0.15, -0.1) is 0 Å². The van der Waals surface area contributed by atoms with E-state index in [1.54, 1.807) is 0 Å². The summed E-state index contributed by atoms with van der Waals surface area (Å²) in [6, 6.07) is 10.4. The molecule has 6 heteroatoms. The van der Waals surface area contributed by atoms with Crippen LogP contribution in [0.4, 0.5) is 0 Å². The second kappa shape index (κ2) is 7.30. The van der Waals surface area contributed by atoms with Gasteiger partial charge in [0, 0.05) is 42.2 Å². The lowest BCUT2D eigenvalue weighted by atomic mass is 10.0. The van der Waals surface area contributed by atoms with E-state index in [1.807, 2.05) is 24.7 Å². The predicted molar refractivity (Wildman–Crippen MR) is 117 cm³/mol. The van der Waals surface area contributed by atoms with Crippen LogP contribution in [0.3, 0.4) is 0 Å². The van der Waals surface area contributed by atoms with Crippen LogP contribution in [0.1, 0.15) is 31.4 Å². The highest BCUT2D eigenvalue weighted by Crippen LogP contribution is 2.33. The highest BCUT2D eigenvalue weighted by atomic mass is 35.5. The third kappa shape index (κ3) is 3.44. The number of rotatable bonds is 4. The second-order valence-corrected chi connectivity index (χ2v) is 8.43. The molecule has 1 saturated carbocycles. The summed E-state index contributed by atoms with van der Waals surface area (Å²) >= 11 is 6.20. The number of benzene rings is 1. The number of pyridine rings is 1. The third-order valence-electron chi connectivity index (χ3n) is 6.00. The van der Waals surface area contributed by atoms with Crippen molar-refractivity contribution in [3.05, 3.63) is 53.7 Å². The van der Waals surface area contributed by atoms with E-state index in [0.717, 1.165) is 51.6 Å². The molecule has 1 aromatic carbocycles. The first-order valence-electron chi connectivity index (χ1n) is 10.2. The van der Waals surface area contributed by atoms with Crippen LogP contribution < -0.4 is 0 Å². The van der Waals surface area contributed by atoms with Gasteiger partial charge in [0.15, 0.2) is 0 Å². The number of imidazole rings is 1. The predicted octanol–water partition coefficient (Wildman–Crippen LogP) is 5.65. The lowest BCUT2D eigenvalue weighted by Gasteiger charge is -2.10. The van der Waals surface area contributed by atoms with Crippen LogP contribution in [-0.2, 0) is 13.6 Å². The first kappa shape index (κ1) is 18.4. The van der Waals surface area contributed by atoms with E-state index >= 15 is 0 Å². The molecule has 1 fully saturated rings. The van der Waals surface area contributed by atoms with Crippen LogP contribution >= 0.6 is 11.6 Å². The van der Waals surface area contributed by atoms with Gasteiger partial charge in [-0.25, -0.2) is 4.98 Å². The Kier molecular flexibility index (Phi) is 4.63. The zero-order valence-electron chi connectivity index (χ0n) is 16.8. The maximum atomic E-state index is 6.20. The Hall–Kier alpha value is -2.66. The molecule has 1 aliphatic carbocycles. The summed E-state index contributed by atoms with van der Waals surface area (Å²) in [5.74, 6) is 0.759. The van der Waals surface area contributed by atoms with E-state index in [9.17, 15) is 0 Å². The van der Waals surface area contributed by atoms with Gasteiger partial charge in [-0.1, -0.05) is 25.0 Å². The molecule has 0 radical (unpaired) electrons. The average molecular weight is 406 g/mol. The quantitative estimate of drug-likeness (QED) is 0.440. The lowest BCUT2D eigenvalue weighted by molar-refractivity contribution is 0.429. The van der Waals surface area contributed by atoms with E-state index in [2.05, 4.69) is 51.3 Å². The third-order valence-corrected chi connectivity index (χ3v) is 6.34. The maximum absolute atomic E-state index is 6.20. The molecule has 0 N–H and O–H groups in total. The van der Waals surface area contributed by atoms with E-state index in [1.165, 1.54) is 25.7 Å². The van der Waals surface area contributed by atoms with Crippen molar-refractivity contribution in [3.63, 3.8) is 0 Å². The number of aromatic nitrogens is 5. The molecule has 0 spiro atoms. The van der Waals surface area contributed by atoms with Crippen LogP contribution in [0.15, 0.2) is 42.7 Å². The molecular weight excluding hydrogens is 382 g/mol. The lowest BCUT2D eigenvalue weighted by Crippen LogP contribution is -2.07. The van der Waals surface area contributed by atoms with Gasteiger partial charge in [0.05, 0.1) is 22.9 Å². The summed E-state index contributed by atoms with van der Waals surface area (Å²) in [7, 11) is 1.92. The van der Waals surface area contributed by atoms with Gasteiger partial charge >= 0.3 is 0 Å². The average Bonchev–Trinajstić information content (AvgIpc) is 3.45. The maximum Gasteiger partial charge on any atom is 0.203 e. The second-order valence-electron chi connectivity index (χ2n) is 8.09. The largest absolute Gasteiger partial charge is 0.318 e. The van der Waals surface area contributed by atoms with Gasteiger partial charge in [0.25, 0.3) is 0 Å². The van der Waals surface area contributed by atoms with Crippen molar-refractivity contribution in [2.24, 2.45) is 13.0 Å². The van der Waals surface area contributed by atoms with Crippen molar-refractivity contribution in [2.75, 3.05) is 0 Å². The monoisotopic (exact) mass is 405 g/mol. The highest BCUT2D eigenvalue weighted by Gasteiger charge is 2.17. The summed E-state index contributed by atoms with van der Waals surface area (Å²) in [5.41, 5.74) is 7.06. The van der Waals surface area contributed by atoms with Crippen LogP contribution in [0.2, 0.25) is 5.28 Å². The highest BCUT2D eigenvalue weighted by molar-refractivity contribution is 6.29. The summed E-state index contributed by atoms with van der Waals surface area (Å²) in [4.78, 5) is 9.33. The number of halogens is 1. The van der Waals surface area contributed by atoms with Gasteiger partial charge < -0.3 is 4.57 Å². The zero-order chi connectivity index (χ0) is 20.0. The van der Waals surface area contributed by atoms with Gasteiger partial charge in [-0.2, -0.15) is 5.10 Å². The number of hydrogen-bond acceptors (Lipinski definition) is 3. The van der Waals surface area contributed by atoms with Crippen LogP contribution in [0, 0.1) is 12.8 Å². The molecule has 1 aliphatic rings. The van der Waals surface area contributed by atoms with Crippen molar-refractivity contribution < 1.29 is 0 Å². The molecule has 0 unspecified atom stereocenters. The fourth-order valence-electron chi connectivity index (χ4n) is 4.39. The molecule has 4 aromatic rings. The van der Waals surface area contributed by atoms with Crippen LogP contribution in [0.5, 0.6) is 0 Å². The molecule has 3 aromatic heterocycles. The van der Waals surface area contributed by atoms with Crippen molar-refractivity contribution in [2.45, 2.75) is 39.2 Å². The Bertz CT molecular complexity index is 1180. The standard InChI is InChI=1S/C23H24ClN5/c1-15-7-9-19(18-12-25-29(14-18)13-16-5-3-4-6-16)22(26-15)17-8-10-21-20(11-17)27-23(24)28(21)2/h7-12,14,16H,3-6,13H2,1-2H3. The molecule has 148 valence electrons. The minimum atomic E-state index is 0.489. The van der Waals surface area contributed by atoms with E-state index < -0.39 is 0 Å². The minimum absolute atomic E-state index is 0.489. The van der Waals surface area contributed by atoms with Crippen molar-refractivity contribution in [3.8, 4) is 22.4 Å². The molecule has 5 rings (SSSR count). The fourth-order valence-corrected chi connectivity index (χ4v) is 4.57. The SMILES string of the molecule is Cc1ccc(-c2cnn(CC3CCCC3)c2)c(-c2ccc3c(c2)nc(Cl)n3C)n1. The fraction of sp³-hybridized carbons (Fsp3) is 0.348. The summed E-state index contributed by atoms with van der Waals surface area (Å²) < 4.78 is 3.98. The van der Waals surface area contributed by atoms with Gasteiger partial charge in [-0.3, -0.25) is 9.67 Å². The Morgan fingerprint density at radius 1 is 1.07 bits per heavy atom. The smallest absolute Gasteiger partial charge is 0.203 e. The number of hydrogen-bond donors (Lipinski definition) is 0. The molecule has 0 saturated heterocycles. The molecule has 29 heavy (non-hydrogen) atoms. The molecule has 0 atom stereocenters. The minimum Gasteiger partial charge on any atom is -0.318 e. The molecule has 0 amide bonds. The van der Waals surface area contributed by atoms with Crippen LogP contribution in [-0.4, -0.2) is 24.3 Å². The Balaban J connectivity index is 1.55. The Labute approximate surface area is 175 Å². The molecule has 5 nitrogen and oxygen atoms in total.